The molecule has 0 aliphatic heterocycles. The largest absolute Gasteiger partial charge is 0.436 e. The first-order valence-corrected chi connectivity index (χ1v) is 7.97. The molecule has 0 unspecified atom stereocenters. The maximum absolute atomic E-state index is 11.0. The Morgan fingerprint density at radius 3 is 2.78 bits per heavy atom. The van der Waals surface area contributed by atoms with E-state index in [4.69, 9.17) is 16.6 Å². The highest BCUT2D eigenvalue weighted by atomic mass is 79.9. The van der Waals surface area contributed by atoms with Gasteiger partial charge in [-0.2, -0.15) is 0 Å². The smallest absolute Gasteiger partial charge is 0.228 e. The monoisotopic (exact) mass is 389 g/mol. The van der Waals surface area contributed by atoms with Crippen LogP contribution in [-0.2, 0) is 4.79 Å². The van der Waals surface area contributed by atoms with E-state index in [2.05, 4.69) is 31.5 Å². The molecule has 5 nitrogen and oxygen atoms in total. The van der Waals surface area contributed by atoms with Crippen LogP contribution in [0.25, 0.3) is 22.6 Å². The molecule has 3 rings (SSSR count). The molecule has 116 valence electrons. The van der Waals surface area contributed by atoms with Gasteiger partial charge in [-0.3, -0.25) is 4.79 Å². The molecule has 2 aromatic carbocycles. The van der Waals surface area contributed by atoms with E-state index in [1.807, 2.05) is 36.4 Å². The Bertz CT molecular complexity index is 907. The number of aromatic nitrogens is 1. The maximum Gasteiger partial charge on any atom is 0.228 e. The lowest BCUT2D eigenvalue weighted by atomic mass is 10.2. The molecule has 0 atom stereocenters. The lowest BCUT2D eigenvalue weighted by molar-refractivity contribution is -0.117. The number of thiocarbonyl (C=S) groups is 1. The van der Waals surface area contributed by atoms with Crippen molar-refractivity contribution in [3.63, 3.8) is 0 Å². The number of oxazole rings is 1. The average molecular weight is 390 g/mol. The zero-order chi connectivity index (χ0) is 16.4. The molecule has 1 aromatic heterocycles. The number of amides is 1. The fourth-order valence-corrected chi connectivity index (χ4v) is 2.79. The molecule has 1 heterocycles. The standard InChI is InChI=1S/C16H12BrN3O2S/c1-9(21)18-16(23)19-10-6-7-14-13(8-10)20-15(22-14)11-4-2-3-5-12(11)17/h2-8H,1H3,(H2,18,19,21,23). The van der Waals surface area contributed by atoms with E-state index in [1.54, 1.807) is 6.07 Å². The summed E-state index contributed by atoms with van der Waals surface area (Å²) in [6.45, 7) is 1.40. The summed E-state index contributed by atoms with van der Waals surface area (Å²) in [5, 5.41) is 5.69. The summed E-state index contributed by atoms with van der Waals surface area (Å²) in [4.78, 5) is 15.5. The van der Waals surface area contributed by atoms with Crippen molar-refractivity contribution >= 4 is 56.0 Å². The predicted molar refractivity (Wildman–Crippen MR) is 97.2 cm³/mol. The number of halogens is 1. The Kier molecular flexibility index (Phi) is 4.40. The maximum atomic E-state index is 11.0. The normalized spacial score (nSPS) is 10.5. The molecule has 2 N–H and O–H groups in total. The van der Waals surface area contributed by atoms with E-state index in [-0.39, 0.29) is 11.0 Å². The molecule has 0 aliphatic rings. The number of fused-ring (bicyclic) bond motifs is 1. The molecule has 3 aromatic rings. The van der Waals surface area contributed by atoms with Crippen LogP contribution >= 0.6 is 28.1 Å². The van der Waals surface area contributed by atoms with Gasteiger partial charge < -0.3 is 15.1 Å². The highest BCUT2D eigenvalue weighted by Crippen LogP contribution is 2.30. The third-order valence-electron chi connectivity index (χ3n) is 3.04. The van der Waals surface area contributed by atoms with Gasteiger partial charge in [0, 0.05) is 17.1 Å². The Labute approximate surface area is 146 Å². The zero-order valence-corrected chi connectivity index (χ0v) is 14.5. The number of benzene rings is 2. The lowest BCUT2D eigenvalue weighted by Gasteiger charge is -2.07. The van der Waals surface area contributed by atoms with Gasteiger partial charge in [-0.25, -0.2) is 4.98 Å². The first kappa shape index (κ1) is 15.6. The summed E-state index contributed by atoms with van der Waals surface area (Å²) >= 11 is 8.53. The second-order valence-electron chi connectivity index (χ2n) is 4.82. The summed E-state index contributed by atoms with van der Waals surface area (Å²) in [5.41, 5.74) is 2.98. The Morgan fingerprint density at radius 2 is 2.04 bits per heavy atom. The van der Waals surface area contributed by atoms with Crippen molar-refractivity contribution in [3.8, 4) is 11.5 Å². The van der Waals surface area contributed by atoms with Gasteiger partial charge in [0.25, 0.3) is 0 Å². The van der Waals surface area contributed by atoms with E-state index in [1.165, 1.54) is 6.92 Å². The van der Waals surface area contributed by atoms with Crippen molar-refractivity contribution in [3.05, 3.63) is 46.9 Å². The van der Waals surface area contributed by atoms with Crippen molar-refractivity contribution in [2.75, 3.05) is 5.32 Å². The second-order valence-corrected chi connectivity index (χ2v) is 6.08. The molecule has 7 heteroatoms. The first-order valence-electron chi connectivity index (χ1n) is 6.77. The number of rotatable bonds is 2. The molecule has 0 saturated heterocycles. The Morgan fingerprint density at radius 1 is 1.26 bits per heavy atom. The van der Waals surface area contributed by atoms with E-state index in [0.717, 1.165) is 15.7 Å². The van der Waals surface area contributed by atoms with Crippen molar-refractivity contribution in [1.82, 2.24) is 10.3 Å². The quantitative estimate of drug-likeness (QED) is 0.646. The third kappa shape index (κ3) is 3.57. The minimum absolute atomic E-state index is 0.221. The lowest BCUT2D eigenvalue weighted by Crippen LogP contribution is -2.32. The van der Waals surface area contributed by atoms with Crippen LogP contribution in [0.2, 0.25) is 0 Å². The topological polar surface area (TPSA) is 67.2 Å². The van der Waals surface area contributed by atoms with Crippen LogP contribution in [0, 0.1) is 0 Å². The van der Waals surface area contributed by atoms with Crippen LogP contribution in [-0.4, -0.2) is 16.0 Å². The number of carbonyl (C=O) groups excluding carboxylic acids is 1. The van der Waals surface area contributed by atoms with Gasteiger partial charge in [-0.05, 0) is 58.5 Å². The third-order valence-corrected chi connectivity index (χ3v) is 3.93. The minimum atomic E-state index is -0.221. The van der Waals surface area contributed by atoms with E-state index >= 15 is 0 Å². The SMILES string of the molecule is CC(=O)NC(=S)Nc1ccc2oc(-c3ccccc3Br)nc2c1. The molecule has 0 bridgehead atoms. The van der Waals surface area contributed by atoms with Crippen molar-refractivity contribution in [1.29, 1.82) is 0 Å². The van der Waals surface area contributed by atoms with Gasteiger partial charge in [0.1, 0.15) is 5.52 Å². The van der Waals surface area contributed by atoms with Crippen molar-refractivity contribution in [2.45, 2.75) is 6.92 Å². The first-order chi connectivity index (χ1) is 11.0. The fourth-order valence-electron chi connectivity index (χ4n) is 2.08. The highest BCUT2D eigenvalue weighted by Gasteiger charge is 2.11. The van der Waals surface area contributed by atoms with Gasteiger partial charge in [-0.1, -0.05) is 12.1 Å². The fraction of sp³-hybridized carbons (Fsp3) is 0.0625. The average Bonchev–Trinajstić information content (AvgIpc) is 2.89. The van der Waals surface area contributed by atoms with Crippen molar-refractivity contribution < 1.29 is 9.21 Å². The van der Waals surface area contributed by atoms with Crippen LogP contribution in [0.4, 0.5) is 5.69 Å². The van der Waals surface area contributed by atoms with E-state index in [0.29, 0.717) is 17.0 Å². The zero-order valence-electron chi connectivity index (χ0n) is 12.1. The van der Waals surface area contributed by atoms with E-state index < -0.39 is 0 Å². The molecule has 23 heavy (non-hydrogen) atoms. The highest BCUT2D eigenvalue weighted by molar-refractivity contribution is 9.10. The van der Waals surface area contributed by atoms with Crippen LogP contribution in [0.1, 0.15) is 6.92 Å². The van der Waals surface area contributed by atoms with E-state index in [9.17, 15) is 4.79 Å². The number of nitrogens with zero attached hydrogens (tertiary/aromatic N) is 1. The molecular formula is C16H12BrN3O2S. The van der Waals surface area contributed by atoms with Crippen LogP contribution in [0.3, 0.4) is 0 Å². The number of hydrogen-bond acceptors (Lipinski definition) is 4. The molecule has 1 amide bonds. The predicted octanol–water partition coefficient (Wildman–Crippen LogP) is 4.09. The van der Waals surface area contributed by atoms with Crippen LogP contribution < -0.4 is 10.6 Å². The minimum Gasteiger partial charge on any atom is -0.436 e. The number of nitrogens with one attached hydrogen (secondary N) is 2. The molecular weight excluding hydrogens is 378 g/mol. The van der Waals surface area contributed by atoms with Crippen molar-refractivity contribution in [2.24, 2.45) is 0 Å². The molecule has 0 spiro atoms. The van der Waals surface area contributed by atoms with Gasteiger partial charge in [0.05, 0.1) is 5.56 Å². The van der Waals surface area contributed by atoms with Gasteiger partial charge in [0.15, 0.2) is 10.7 Å². The van der Waals surface area contributed by atoms with Gasteiger partial charge >= 0.3 is 0 Å². The van der Waals surface area contributed by atoms with Crippen LogP contribution in [0.15, 0.2) is 51.4 Å². The summed E-state index contributed by atoms with van der Waals surface area (Å²) in [6.07, 6.45) is 0. The number of anilines is 1. The van der Waals surface area contributed by atoms with Gasteiger partial charge in [-0.15, -0.1) is 0 Å². The number of carbonyl (C=O) groups is 1. The number of hydrogen-bond donors (Lipinski definition) is 2. The summed E-state index contributed by atoms with van der Waals surface area (Å²) in [6, 6.07) is 13.2. The molecule has 0 saturated carbocycles. The second kappa shape index (κ2) is 6.47. The summed E-state index contributed by atoms with van der Waals surface area (Å²) < 4.78 is 6.70. The molecule has 0 aliphatic carbocycles. The van der Waals surface area contributed by atoms with Gasteiger partial charge in [0.2, 0.25) is 11.8 Å². The Balaban J connectivity index is 1.91. The van der Waals surface area contributed by atoms with Crippen LogP contribution in [0.5, 0.6) is 0 Å². The Hall–Kier alpha value is -2.25. The molecule has 0 fully saturated rings. The summed E-state index contributed by atoms with van der Waals surface area (Å²) in [5.74, 6) is 0.315. The molecule has 0 radical (unpaired) electrons. The summed E-state index contributed by atoms with van der Waals surface area (Å²) in [7, 11) is 0.